The van der Waals surface area contributed by atoms with E-state index in [-0.39, 0.29) is 5.82 Å². The molecule has 0 unspecified atom stereocenters. The van der Waals surface area contributed by atoms with Gasteiger partial charge < -0.3 is 5.73 Å². The lowest BCUT2D eigenvalue weighted by molar-refractivity contribution is 1.31. The van der Waals surface area contributed by atoms with E-state index in [1.165, 1.54) is 4.88 Å². The van der Waals surface area contributed by atoms with Crippen LogP contribution >= 0.6 is 22.9 Å². The normalized spacial score (nSPS) is 10.4. The molecule has 0 bridgehead atoms. The lowest BCUT2D eigenvalue weighted by atomic mass is 10.0. The maximum absolute atomic E-state index is 9.38. The molecule has 0 radical (unpaired) electrons. The Bertz CT molecular complexity index is 876. The maximum atomic E-state index is 9.38. The van der Waals surface area contributed by atoms with E-state index in [1.807, 2.05) is 49.4 Å². The number of halogens is 1. The SMILES string of the molecule is Cc1ccc(-c2cc(-c3ccc(Cl)cc3)nc(N)c2C#N)s1. The average molecular weight is 326 g/mol. The van der Waals surface area contributed by atoms with E-state index < -0.39 is 0 Å². The molecular weight excluding hydrogens is 314 g/mol. The zero-order valence-corrected chi connectivity index (χ0v) is 13.4. The Morgan fingerprint density at radius 1 is 1.18 bits per heavy atom. The van der Waals surface area contributed by atoms with E-state index in [2.05, 4.69) is 11.1 Å². The van der Waals surface area contributed by atoms with Crippen molar-refractivity contribution in [3.8, 4) is 27.8 Å². The number of nitrogen functional groups attached to an aromatic ring is 1. The number of benzene rings is 1. The summed E-state index contributed by atoms with van der Waals surface area (Å²) in [6.45, 7) is 2.03. The molecule has 3 nitrogen and oxygen atoms in total. The Balaban J connectivity index is 2.20. The van der Waals surface area contributed by atoms with Crippen molar-refractivity contribution in [3.63, 3.8) is 0 Å². The third kappa shape index (κ3) is 2.69. The van der Waals surface area contributed by atoms with Gasteiger partial charge in [0, 0.05) is 25.9 Å². The van der Waals surface area contributed by atoms with Crippen molar-refractivity contribution in [2.75, 3.05) is 5.73 Å². The van der Waals surface area contributed by atoms with Crippen LogP contribution in [0.1, 0.15) is 10.4 Å². The van der Waals surface area contributed by atoms with Gasteiger partial charge in [-0.25, -0.2) is 4.98 Å². The molecule has 3 rings (SSSR count). The lowest BCUT2D eigenvalue weighted by Gasteiger charge is -2.09. The molecule has 2 N–H and O–H groups in total. The number of nitrogens with two attached hydrogens (primary N) is 1. The molecule has 2 heterocycles. The predicted octanol–water partition coefficient (Wildman–Crippen LogP) is 4.89. The highest BCUT2D eigenvalue weighted by Gasteiger charge is 2.14. The molecule has 108 valence electrons. The van der Waals surface area contributed by atoms with Gasteiger partial charge in [0.25, 0.3) is 0 Å². The molecule has 1 aromatic carbocycles. The zero-order valence-electron chi connectivity index (χ0n) is 11.8. The van der Waals surface area contributed by atoms with Gasteiger partial charge in [-0.15, -0.1) is 11.3 Å². The van der Waals surface area contributed by atoms with E-state index in [0.717, 1.165) is 21.7 Å². The largest absolute Gasteiger partial charge is 0.383 e. The van der Waals surface area contributed by atoms with Crippen LogP contribution in [0.3, 0.4) is 0 Å². The van der Waals surface area contributed by atoms with Gasteiger partial charge in [0.2, 0.25) is 0 Å². The topological polar surface area (TPSA) is 62.7 Å². The van der Waals surface area contributed by atoms with Gasteiger partial charge in [-0.3, -0.25) is 0 Å². The molecule has 0 atom stereocenters. The van der Waals surface area contributed by atoms with Crippen molar-refractivity contribution in [2.24, 2.45) is 0 Å². The first kappa shape index (κ1) is 14.6. The highest BCUT2D eigenvalue weighted by molar-refractivity contribution is 7.15. The molecular formula is C17H12ClN3S. The van der Waals surface area contributed by atoms with Gasteiger partial charge in [0.05, 0.1) is 5.69 Å². The van der Waals surface area contributed by atoms with Gasteiger partial charge in [0.15, 0.2) is 0 Å². The number of aryl methyl sites for hydroxylation is 1. The first-order valence-corrected chi connectivity index (χ1v) is 7.81. The Hall–Kier alpha value is -2.35. The fourth-order valence-corrected chi connectivity index (χ4v) is 3.24. The van der Waals surface area contributed by atoms with Crippen molar-refractivity contribution < 1.29 is 0 Å². The van der Waals surface area contributed by atoms with Crippen molar-refractivity contribution in [1.29, 1.82) is 5.26 Å². The van der Waals surface area contributed by atoms with E-state index >= 15 is 0 Å². The summed E-state index contributed by atoms with van der Waals surface area (Å²) in [4.78, 5) is 6.55. The minimum Gasteiger partial charge on any atom is -0.383 e. The summed E-state index contributed by atoms with van der Waals surface area (Å²) in [6.07, 6.45) is 0. The highest BCUT2D eigenvalue weighted by atomic mass is 35.5. The smallest absolute Gasteiger partial charge is 0.142 e. The molecule has 3 aromatic rings. The molecule has 0 saturated heterocycles. The van der Waals surface area contributed by atoms with Gasteiger partial charge in [-0.05, 0) is 37.3 Å². The van der Waals surface area contributed by atoms with Crippen molar-refractivity contribution >= 4 is 28.8 Å². The fourth-order valence-electron chi connectivity index (χ4n) is 2.22. The molecule has 0 spiro atoms. The molecule has 2 aromatic heterocycles. The summed E-state index contributed by atoms with van der Waals surface area (Å²) in [7, 11) is 0. The van der Waals surface area contributed by atoms with E-state index in [0.29, 0.717) is 10.6 Å². The summed E-state index contributed by atoms with van der Waals surface area (Å²) in [5.41, 5.74) is 8.87. The summed E-state index contributed by atoms with van der Waals surface area (Å²) < 4.78 is 0. The molecule has 0 fully saturated rings. The second kappa shape index (κ2) is 5.80. The summed E-state index contributed by atoms with van der Waals surface area (Å²) in [5, 5.41) is 10.0. The molecule has 0 aliphatic rings. The number of anilines is 1. The first-order chi connectivity index (χ1) is 10.6. The Morgan fingerprint density at radius 2 is 1.91 bits per heavy atom. The minimum atomic E-state index is 0.246. The van der Waals surface area contributed by atoms with Crippen LogP contribution < -0.4 is 5.73 Å². The number of pyridine rings is 1. The van der Waals surface area contributed by atoms with E-state index in [4.69, 9.17) is 17.3 Å². The van der Waals surface area contributed by atoms with Crippen molar-refractivity contribution in [3.05, 3.63) is 57.9 Å². The van der Waals surface area contributed by atoms with Crippen LogP contribution in [0, 0.1) is 18.3 Å². The first-order valence-electron chi connectivity index (χ1n) is 6.62. The lowest BCUT2D eigenvalue weighted by Crippen LogP contribution is -1.99. The second-order valence-electron chi connectivity index (χ2n) is 4.84. The van der Waals surface area contributed by atoms with Crippen LogP contribution in [0.15, 0.2) is 42.5 Å². The highest BCUT2D eigenvalue weighted by Crippen LogP contribution is 2.35. The molecule has 22 heavy (non-hydrogen) atoms. The number of hydrogen-bond acceptors (Lipinski definition) is 4. The summed E-state index contributed by atoms with van der Waals surface area (Å²) >= 11 is 7.55. The number of thiophene rings is 1. The van der Waals surface area contributed by atoms with Crippen LogP contribution in [0.25, 0.3) is 21.7 Å². The molecule has 0 aliphatic heterocycles. The van der Waals surface area contributed by atoms with Gasteiger partial charge in [-0.2, -0.15) is 5.26 Å². The monoisotopic (exact) mass is 325 g/mol. The molecule has 0 amide bonds. The number of aromatic nitrogens is 1. The van der Waals surface area contributed by atoms with Crippen LogP contribution in [0.4, 0.5) is 5.82 Å². The van der Waals surface area contributed by atoms with Crippen molar-refractivity contribution in [2.45, 2.75) is 6.92 Å². The van der Waals surface area contributed by atoms with Gasteiger partial charge >= 0.3 is 0 Å². The number of nitriles is 1. The van der Waals surface area contributed by atoms with E-state index in [9.17, 15) is 5.26 Å². The number of rotatable bonds is 2. The Labute approximate surface area is 137 Å². The quantitative estimate of drug-likeness (QED) is 0.729. The third-order valence-electron chi connectivity index (χ3n) is 3.31. The third-order valence-corrected chi connectivity index (χ3v) is 4.59. The van der Waals surface area contributed by atoms with Crippen molar-refractivity contribution in [1.82, 2.24) is 4.98 Å². The summed E-state index contributed by atoms with van der Waals surface area (Å²) in [5.74, 6) is 0.246. The van der Waals surface area contributed by atoms with Crippen LogP contribution in [-0.4, -0.2) is 4.98 Å². The standard InChI is InChI=1S/C17H12ClN3S/c1-10-2-7-16(22-10)13-8-15(21-17(20)14(13)9-19)11-3-5-12(18)6-4-11/h2-8H,1H3,(H2,20,21). The second-order valence-corrected chi connectivity index (χ2v) is 6.57. The van der Waals surface area contributed by atoms with Gasteiger partial charge in [-0.1, -0.05) is 23.7 Å². The van der Waals surface area contributed by atoms with Crippen LogP contribution in [0.5, 0.6) is 0 Å². The zero-order chi connectivity index (χ0) is 15.7. The Kier molecular flexibility index (Phi) is 3.84. The maximum Gasteiger partial charge on any atom is 0.142 e. The summed E-state index contributed by atoms with van der Waals surface area (Å²) in [6, 6.07) is 15.5. The fraction of sp³-hybridized carbons (Fsp3) is 0.0588. The van der Waals surface area contributed by atoms with Gasteiger partial charge in [0.1, 0.15) is 17.5 Å². The van der Waals surface area contributed by atoms with Crippen LogP contribution in [0.2, 0.25) is 5.02 Å². The van der Waals surface area contributed by atoms with E-state index in [1.54, 1.807) is 11.3 Å². The number of nitrogens with zero attached hydrogens (tertiary/aromatic N) is 2. The predicted molar refractivity (Wildman–Crippen MR) is 91.9 cm³/mol. The minimum absolute atomic E-state index is 0.246. The molecule has 0 aliphatic carbocycles. The molecule has 0 saturated carbocycles. The molecule has 5 heteroatoms. The Morgan fingerprint density at radius 3 is 2.50 bits per heavy atom. The number of hydrogen-bond donors (Lipinski definition) is 1. The average Bonchev–Trinajstić information content (AvgIpc) is 2.93. The van der Waals surface area contributed by atoms with Crippen LogP contribution in [-0.2, 0) is 0 Å².